The molecule has 1 heteroatoms. The lowest BCUT2D eigenvalue weighted by molar-refractivity contribution is 0.623. The minimum Gasteiger partial charge on any atom is -0.206 e. The van der Waals surface area contributed by atoms with Crippen LogP contribution >= 0.6 is 0 Å². The molecule has 3 rings (SSSR count). The molecule has 0 saturated heterocycles. The van der Waals surface area contributed by atoms with Crippen LogP contribution in [0.3, 0.4) is 0 Å². The summed E-state index contributed by atoms with van der Waals surface area (Å²) in [7, 11) is 0. The molecule has 0 radical (unpaired) electrons. The molecule has 0 heterocycles. The van der Waals surface area contributed by atoms with E-state index in [4.69, 9.17) is 0 Å². The van der Waals surface area contributed by atoms with Gasteiger partial charge < -0.3 is 0 Å². The number of allylic oxidation sites excluding steroid dienone is 1. The zero-order valence-electron chi connectivity index (χ0n) is 8.78. The molecular formula is C15H11F. The zero-order chi connectivity index (χ0) is 11.0. The molecule has 0 unspecified atom stereocenters. The molecule has 2 aromatic rings. The Labute approximate surface area is 94.1 Å². The minimum atomic E-state index is -0.137. The molecule has 0 nitrogen and oxygen atoms in total. The van der Waals surface area contributed by atoms with Gasteiger partial charge in [-0.3, -0.25) is 0 Å². The summed E-state index contributed by atoms with van der Waals surface area (Å²) in [6.45, 7) is 0. The van der Waals surface area contributed by atoms with Crippen LogP contribution in [0.2, 0.25) is 0 Å². The van der Waals surface area contributed by atoms with Crippen molar-refractivity contribution < 1.29 is 4.39 Å². The number of halogens is 1. The second kappa shape index (κ2) is 3.60. The summed E-state index contributed by atoms with van der Waals surface area (Å²) in [5.41, 5.74) is 4.28. The average molecular weight is 210 g/mol. The molecule has 16 heavy (non-hydrogen) atoms. The Kier molecular flexibility index (Phi) is 2.10. The molecule has 0 fully saturated rings. The van der Waals surface area contributed by atoms with Crippen LogP contribution in [0.25, 0.3) is 11.6 Å². The van der Waals surface area contributed by atoms with Crippen LogP contribution in [0, 0.1) is 5.82 Å². The van der Waals surface area contributed by atoms with Crippen molar-refractivity contribution in [2.24, 2.45) is 0 Å². The van der Waals surface area contributed by atoms with Crippen molar-refractivity contribution in [1.82, 2.24) is 0 Å². The van der Waals surface area contributed by atoms with Gasteiger partial charge in [0.1, 0.15) is 5.82 Å². The van der Waals surface area contributed by atoms with Gasteiger partial charge in [-0.15, -0.1) is 0 Å². The van der Waals surface area contributed by atoms with Crippen molar-refractivity contribution in [1.29, 1.82) is 0 Å². The Hall–Kier alpha value is -1.89. The first kappa shape index (κ1) is 9.34. The normalized spacial score (nSPS) is 13.4. The van der Waals surface area contributed by atoms with E-state index in [9.17, 15) is 4.39 Å². The quantitative estimate of drug-likeness (QED) is 0.669. The lowest BCUT2D eigenvalue weighted by Crippen LogP contribution is -1.89. The van der Waals surface area contributed by atoms with E-state index in [0.29, 0.717) is 0 Å². The molecule has 0 bridgehead atoms. The SMILES string of the molecule is Fc1ccccc1C1=Cc2ccccc2C1. The highest BCUT2D eigenvalue weighted by Gasteiger charge is 2.15. The van der Waals surface area contributed by atoms with Gasteiger partial charge in [-0.2, -0.15) is 0 Å². The van der Waals surface area contributed by atoms with Gasteiger partial charge >= 0.3 is 0 Å². The molecule has 0 N–H and O–H groups in total. The Morgan fingerprint density at radius 1 is 0.875 bits per heavy atom. The predicted molar refractivity (Wildman–Crippen MR) is 64.4 cm³/mol. The largest absolute Gasteiger partial charge is 0.206 e. The lowest BCUT2D eigenvalue weighted by atomic mass is 10.0. The van der Waals surface area contributed by atoms with Crippen LogP contribution in [0.4, 0.5) is 4.39 Å². The third-order valence-corrected chi connectivity index (χ3v) is 2.99. The fourth-order valence-electron chi connectivity index (χ4n) is 2.17. The molecule has 2 aromatic carbocycles. The Morgan fingerprint density at radius 3 is 2.44 bits per heavy atom. The van der Waals surface area contributed by atoms with Crippen molar-refractivity contribution in [3.8, 4) is 0 Å². The van der Waals surface area contributed by atoms with E-state index < -0.39 is 0 Å². The topological polar surface area (TPSA) is 0 Å². The molecule has 0 saturated carbocycles. The van der Waals surface area contributed by atoms with Crippen molar-refractivity contribution in [3.05, 3.63) is 71.0 Å². The van der Waals surface area contributed by atoms with Crippen LogP contribution in [0.5, 0.6) is 0 Å². The smallest absolute Gasteiger partial charge is 0.130 e. The molecular weight excluding hydrogens is 199 g/mol. The van der Waals surface area contributed by atoms with Crippen molar-refractivity contribution >= 4 is 11.6 Å². The van der Waals surface area contributed by atoms with Crippen LogP contribution in [0.15, 0.2) is 48.5 Å². The van der Waals surface area contributed by atoms with Crippen molar-refractivity contribution in [2.75, 3.05) is 0 Å². The maximum absolute atomic E-state index is 13.6. The van der Waals surface area contributed by atoms with E-state index in [2.05, 4.69) is 18.2 Å². The third kappa shape index (κ3) is 1.45. The number of hydrogen-bond donors (Lipinski definition) is 0. The third-order valence-electron chi connectivity index (χ3n) is 2.99. The summed E-state index contributed by atoms with van der Waals surface area (Å²) in [5.74, 6) is -0.137. The number of benzene rings is 2. The fourth-order valence-corrected chi connectivity index (χ4v) is 2.17. The zero-order valence-corrected chi connectivity index (χ0v) is 8.78. The molecule has 78 valence electrons. The van der Waals surface area contributed by atoms with Gasteiger partial charge in [0.2, 0.25) is 0 Å². The molecule has 0 amide bonds. The van der Waals surface area contributed by atoms with Gasteiger partial charge in [0.25, 0.3) is 0 Å². The maximum Gasteiger partial charge on any atom is 0.130 e. The van der Waals surface area contributed by atoms with Gasteiger partial charge in [-0.1, -0.05) is 48.5 Å². The summed E-state index contributed by atoms with van der Waals surface area (Å²) in [4.78, 5) is 0. The van der Waals surface area contributed by atoms with E-state index in [1.807, 2.05) is 24.3 Å². The second-order valence-electron chi connectivity index (χ2n) is 4.03. The van der Waals surface area contributed by atoms with Crippen LogP contribution in [-0.2, 0) is 6.42 Å². The Morgan fingerprint density at radius 2 is 1.62 bits per heavy atom. The number of fused-ring (bicyclic) bond motifs is 1. The highest BCUT2D eigenvalue weighted by Crippen LogP contribution is 2.32. The number of rotatable bonds is 1. The van der Waals surface area contributed by atoms with E-state index >= 15 is 0 Å². The maximum atomic E-state index is 13.6. The fraction of sp³-hybridized carbons (Fsp3) is 0.0667. The van der Waals surface area contributed by atoms with Gasteiger partial charge in [-0.05, 0) is 29.2 Å². The summed E-state index contributed by atoms with van der Waals surface area (Å²) >= 11 is 0. The highest BCUT2D eigenvalue weighted by molar-refractivity contribution is 5.88. The lowest BCUT2D eigenvalue weighted by Gasteiger charge is -2.03. The first-order chi connectivity index (χ1) is 7.84. The predicted octanol–water partition coefficient (Wildman–Crippen LogP) is 3.92. The van der Waals surface area contributed by atoms with E-state index in [1.54, 1.807) is 6.07 Å². The second-order valence-corrected chi connectivity index (χ2v) is 4.03. The van der Waals surface area contributed by atoms with Crippen LogP contribution < -0.4 is 0 Å². The summed E-state index contributed by atoms with van der Waals surface area (Å²) in [6.07, 6.45) is 2.91. The van der Waals surface area contributed by atoms with E-state index in [1.165, 1.54) is 17.2 Å². The molecule has 0 atom stereocenters. The molecule has 0 spiro atoms. The molecule has 1 aliphatic rings. The number of hydrogen-bond acceptors (Lipinski definition) is 0. The Balaban J connectivity index is 2.05. The van der Waals surface area contributed by atoms with E-state index in [-0.39, 0.29) is 5.82 Å². The van der Waals surface area contributed by atoms with E-state index in [0.717, 1.165) is 17.6 Å². The van der Waals surface area contributed by atoms with Gasteiger partial charge in [0.15, 0.2) is 0 Å². The van der Waals surface area contributed by atoms with Gasteiger partial charge in [0, 0.05) is 5.56 Å². The minimum absolute atomic E-state index is 0.137. The standard InChI is InChI=1S/C15H11F/c16-15-8-4-3-7-14(15)13-9-11-5-1-2-6-12(11)10-13/h1-9H,10H2. The van der Waals surface area contributed by atoms with Crippen LogP contribution in [-0.4, -0.2) is 0 Å². The molecule has 0 aromatic heterocycles. The average Bonchev–Trinajstić information content (AvgIpc) is 2.73. The summed E-state index contributed by atoms with van der Waals surface area (Å²) < 4.78 is 13.6. The van der Waals surface area contributed by atoms with Crippen LogP contribution in [0.1, 0.15) is 16.7 Å². The van der Waals surface area contributed by atoms with Gasteiger partial charge in [0.05, 0.1) is 0 Å². The highest BCUT2D eigenvalue weighted by atomic mass is 19.1. The molecule has 1 aliphatic carbocycles. The summed E-state index contributed by atoms with van der Waals surface area (Å²) in [6, 6.07) is 15.2. The first-order valence-corrected chi connectivity index (χ1v) is 5.38. The van der Waals surface area contributed by atoms with Crippen molar-refractivity contribution in [3.63, 3.8) is 0 Å². The van der Waals surface area contributed by atoms with Gasteiger partial charge in [-0.25, -0.2) is 4.39 Å². The Bertz CT molecular complexity index is 567. The monoisotopic (exact) mass is 210 g/mol. The summed E-state index contributed by atoms with van der Waals surface area (Å²) in [5, 5.41) is 0. The molecule has 0 aliphatic heterocycles. The van der Waals surface area contributed by atoms with Crippen molar-refractivity contribution in [2.45, 2.75) is 6.42 Å². The first-order valence-electron chi connectivity index (χ1n) is 5.38.